The van der Waals surface area contributed by atoms with Crippen molar-refractivity contribution >= 4 is 34.3 Å². The highest BCUT2D eigenvalue weighted by molar-refractivity contribution is 5.93. The van der Waals surface area contributed by atoms with Crippen molar-refractivity contribution in [2.45, 2.75) is 20.4 Å². The molecule has 0 bridgehead atoms. The van der Waals surface area contributed by atoms with Gasteiger partial charge in [0, 0.05) is 38.1 Å². The van der Waals surface area contributed by atoms with Gasteiger partial charge >= 0.3 is 0 Å². The number of carbonyl (C=O) groups excluding carboxylic acids is 1. The van der Waals surface area contributed by atoms with Crippen LogP contribution in [0.3, 0.4) is 0 Å². The minimum atomic E-state index is -0.141. The lowest BCUT2D eigenvalue weighted by Crippen LogP contribution is -2.47. The van der Waals surface area contributed by atoms with Crippen molar-refractivity contribution in [3.05, 3.63) is 66.2 Å². The van der Waals surface area contributed by atoms with Crippen LogP contribution in [0.4, 0.5) is 17.3 Å². The predicted molar refractivity (Wildman–Crippen MR) is 129 cm³/mol. The van der Waals surface area contributed by atoms with Gasteiger partial charge < -0.3 is 15.1 Å². The van der Waals surface area contributed by atoms with Crippen LogP contribution < -0.4 is 15.1 Å². The number of nitrogens with zero attached hydrogens (tertiary/aromatic N) is 7. The summed E-state index contributed by atoms with van der Waals surface area (Å²) in [5, 5.41) is 8.28. The van der Waals surface area contributed by atoms with Crippen molar-refractivity contribution < 1.29 is 4.79 Å². The van der Waals surface area contributed by atoms with Gasteiger partial charge in [-0.3, -0.25) is 4.79 Å². The van der Waals surface area contributed by atoms with E-state index in [1.54, 1.807) is 17.2 Å². The van der Waals surface area contributed by atoms with E-state index in [1.165, 1.54) is 0 Å². The SMILES string of the molecule is Cc1cccc(NC(=O)Cn2ncc3c(N4CCN(c5ccccn5)CC4)ncnc32)c1C. The van der Waals surface area contributed by atoms with Gasteiger partial charge in [0.1, 0.15) is 24.5 Å². The number of aromatic nitrogens is 5. The second-order valence-electron chi connectivity index (χ2n) is 8.19. The molecule has 1 aliphatic heterocycles. The summed E-state index contributed by atoms with van der Waals surface area (Å²) in [6.45, 7) is 7.47. The van der Waals surface area contributed by atoms with Crippen molar-refractivity contribution in [1.82, 2.24) is 24.7 Å². The summed E-state index contributed by atoms with van der Waals surface area (Å²) < 4.78 is 1.63. The zero-order valence-electron chi connectivity index (χ0n) is 18.8. The molecular formula is C24H26N8O. The largest absolute Gasteiger partial charge is 0.353 e. The van der Waals surface area contributed by atoms with Crippen LogP contribution in [0.25, 0.3) is 11.0 Å². The van der Waals surface area contributed by atoms with Gasteiger partial charge in [-0.15, -0.1) is 0 Å². The third kappa shape index (κ3) is 4.21. The van der Waals surface area contributed by atoms with E-state index >= 15 is 0 Å². The van der Waals surface area contributed by atoms with E-state index in [2.05, 4.69) is 35.2 Å². The lowest BCUT2D eigenvalue weighted by Gasteiger charge is -2.36. The zero-order chi connectivity index (χ0) is 22.8. The lowest BCUT2D eigenvalue weighted by atomic mass is 10.1. The van der Waals surface area contributed by atoms with Crippen LogP contribution in [0.15, 0.2) is 55.1 Å². The minimum absolute atomic E-state index is 0.0841. The standard InChI is InChI=1S/C24H26N8O/c1-17-6-5-7-20(18(17)2)29-22(33)15-32-24-19(14-28-32)23(26-16-27-24)31-12-10-30(11-13-31)21-8-3-4-9-25-21/h3-9,14,16H,10-13,15H2,1-2H3,(H,29,33). The van der Waals surface area contributed by atoms with Gasteiger partial charge in [0.15, 0.2) is 5.65 Å². The molecular weight excluding hydrogens is 416 g/mol. The number of piperazine rings is 1. The van der Waals surface area contributed by atoms with E-state index in [0.717, 1.165) is 60.0 Å². The minimum Gasteiger partial charge on any atom is -0.353 e. The first-order valence-corrected chi connectivity index (χ1v) is 11.0. The molecule has 168 valence electrons. The van der Waals surface area contributed by atoms with Crippen molar-refractivity contribution in [3.63, 3.8) is 0 Å². The average Bonchev–Trinajstić information content (AvgIpc) is 3.25. The second-order valence-corrected chi connectivity index (χ2v) is 8.19. The number of amides is 1. The number of carbonyl (C=O) groups is 1. The molecule has 0 saturated carbocycles. The fraction of sp³-hybridized carbons (Fsp3) is 0.292. The Morgan fingerprint density at radius 1 is 0.970 bits per heavy atom. The summed E-state index contributed by atoms with van der Waals surface area (Å²) in [7, 11) is 0. The number of hydrogen-bond donors (Lipinski definition) is 1. The number of fused-ring (bicyclic) bond motifs is 1. The van der Waals surface area contributed by atoms with Crippen molar-refractivity contribution in [3.8, 4) is 0 Å². The molecule has 1 amide bonds. The van der Waals surface area contributed by atoms with Gasteiger partial charge in [0.25, 0.3) is 0 Å². The van der Waals surface area contributed by atoms with Crippen molar-refractivity contribution in [2.75, 3.05) is 41.3 Å². The molecule has 33 heavy (non-hydrogen) atoms. The van der Waals surface area contributed by atoms with Crippen LogP contribution in [-0.4, -0.2) is 56.8 Å². The summed E-state index contributed by atoms with van der Waals surface area (Å²) in [6.07, 6.45) is 5.12. The molecule has 0 atom stereocenters. The van der Waals surface area contributed by atoms with E-state index in [0.29, 0.717) is 5.65 Å². The summed E-state index contributed by atoms with van der Waals surface area (Å²) in [5.41, 5.74) is 3.67. The number of pyridine rings is 1. The molecule has 0 radical (unpaired) electrons. The molecule has 1 N–H and O–H groups in total. The van der Waals surface area contributed by atoms with Crippen LogP contribution in [0.5, 0.6) is 0 Å². The van der Waals surface area contributed by atoms with E-state index < -0.39 is 0 Å². The number of anilines is 3. The average molecular weight is 443 g/mol. The Balaban J connectivity index is 1.30. The molecule has 0 aliphatic carbocycles. The molecule has 9 nitrogen and oxygen atoms in total. The highest BCUT2D eigenvalue weighted by Gasteiger charge is 2.22. The number of nitrogens with one attached hydrogen (secondary N) is 1. The summed E-state index contributed by atoms with van der Waals surface area (Å²) in [5.74, 6) is 1.70. The first-order chi connectivity index (χ1) is 16.1. The maximum atomic E-state index is 12.7. The Morgan fingerprint density at radius 3 is 2.58 bits per heavy atom. The molecule has 0 unspecified atom stereocenters. The predicted octanol–water partition coefficient (Wildman–Crippen LogP) is 2.80. The number of hydrogen-bond acceptors (Lipinski definition) is 7. The number of benzene rings is 1. The maximum absolute atomic E-state index is 12.7. The highest BCUT2D eigenvalue weighted by atomic mass is 16.2. The van der Waals surface area contributed by atoms with Gasteiger partial charge in [0.2, 0.25) is 5.91 Å². The van der Waals surface area contributed by atoms with E-state index in [-0.39, 0.29) is 12.5 Å². The van der Waals surface area contributed by atoms with Gasteiger partial charge in [0.05, 0.1) is 11.6 Å². The van der Waals surface area contributed by atoms with Crippen molar-refractivity contribution in [2.24, 2.45) is 0 Å². The Hall–Kier alpha value is -4.01. The van der Waals surface area contributed by atoms with Gasteiger partial charge in [-0.1, -0.05) is 18.2 Å². The van der Waals surface area contributed by atoms with Gasteiger partial charge in [-0.25, -0.2) is 19.6 Å². The molecule has 4 aromatic rings. The van der Waals surface area contributed by atoms with Crippen LogP contribution in [0.2, 0.25) is 0 Å². The fourth-order valence-electron chi connectivity index (χ4n) is 4.15. The third-order valence-corrected chi connectivity index (χ3v) is 6.14. The molecule has 0 spiro atoms. The third-order valence-electron chi connectivity index (χ3n) is 6.14. The first kappa shape index (κ1) is 20.9. The molecule has 1 aromatic carbocycles. The summed E-state index contributed by atoms with van der Waals surface area (Å²) >= 11 is 0. The molecule has 5 rings (SSSR count). The number of rotatable bonds is 5. The highest BCUT2D eigenvalue weighted by Crippen LogP contribution is 2.25. The Labute approximate surface area is 192 Å². The summed E-state index contributed by atoms with van der Waals surface area (Å²) in [6, 6.07) is 11.8. The zero-order valence-corrected chi connectivity index (χ0v) is 18.8. The van der Waals surface area contributed by atoms with Crippen LogP contribution in [-0.2, 0) is 11.3 Å². The fourth-order valence-corrected chi connectivity index (χ4v) is 4.15. The van der Waals surface area contributed by atoms with Crippen LogP contribution >= 0.6 is 0 Å². The molecule has 1 aliphatic rings. The van der Waals surface area contributed by atoms with E-state index in [4.69, 9.17) is 0 Å². The second kappa shape index (κ2) is 8.85. The molecule has 3 aromatic heterocycles. The molecule has 4 heterocycles. The number of aryl methyl sites for hydroxylation is 1. The Bertz CT molecular complexity index is 1280. The smallest absolute Gasteiger partial charge is 0.246 e. The van der Waals surface area contributed by atoms with E-state index in [9.17, 15) is 4.79 Å². The maximum Gasteiger partial charge on any atom is 0.246 e. The van der Waals surface area contributed by atoms with E-state index in [1.807, 2.05) is 56.4 Å². The summed E-state index contributed by atoms with van der Waals surface area (Å²) in [4.78, 5) is 30.6. The topological polar surface area (TPSA) is 92.1 Å². The monoisotopic (exact) mass is 442 g/mol. The Morgan fingerprint density at radius 2 is 1.79 bits per heavy atom. The van der Waals surface area contributed by atoms with Crippen molar-refractivity contribution in [1.29, 1.82) is 0 Å². The molecule has 1 fully saturated rings. The molecule has 1 saturated heterocycles. The molecule has 9 heteroatoms. The first-order valence-electron chi connectivity index (χ1n) is 11.0. The van der Waals surface area contributed by atoms with Crippen LogP contribution in [0.1, 0.15) is 11.1 Å². The van der Waals surface area contributed by atoms with Crippen LogP contribution in [0, 0.1) is 13.8 Å². The normalized spacial score (nSPS) is 14.0. The lowest BCUT2D eigenvalue weighted by molar-refractivity contribution is -0.116. The van der Waals surface area contributed by atoms with Gasteiger partial charge in [-0.2, -0.15) is 5.10 Å². The Kier molecular flexibility index (Phi) is 5.60. The quantitative estimate of drug-likeness (QED) is 0.508. The van der Waals surface area contributed by atoms with Gasteiger partial charge in [-0.05, 0) is 43.2 Å².